The smallest absolute Gasteiger partial charge is 0.410 e. The zero-order valence-electron chi connectivity index (χ0n) is 22.3. The highest BCUT2D eigenvalue weighted by Crippen LogP contribution is 2.26. The number of nitrogens with one attached hydrogen (secondary N) is 2. The molecule has 0 radical (unpaired) electrons. The molecule has 3 heterocycles. The molecule has 39 heavy (non-hydrogen) atoms. The van der Waals surface area contributed by atoms with Gasteiger partial charge >= 0.3 is 6.09 Å². The van der Waals surface area contributed by atoms with E-state index in [2.05, 4.69) is 31.5 Å². The number of halogens is 2. The maximum Gasteiger partial charge on any atom is 0.410 e. The number of benzene rings is 1. The molecule has 0 spiro atoms. The Balaban J connectivity index is 1.24. The number of imidazole rings is 1. The Kier molecular flexibility index (Phi) is 8.55. The molecule has 2 saturated heterocycles. The highest BCUT2D eigenvalue weighted by Gasteiger charge is 2.36. The number of nitrogens with zero attached hydrogens (tertiary/aromatic N) is 4. The molecule has 13 heteroatoms. The van der Waals surface area contributed by atoms with Gasteiger partial charge < -0.3 is 29.7 Å². The summed E-state index contributed by atoms with van der Waals surface area (Å²) in [7, 11) is 1.71. The van der Waals surface area contributed by atoms with Crippen LogP contribution in [0.15, 0.2) is 29.0 Å². The fourth-order valence-electron chi connectivity index (χ4n) is 4.43. The number of ether oxygens (including phenoxy) is 1. The van der Waals surface area contributed by atoms with Crippen LogP contribution in [0.1, 0.15) is 54.6 Å². The van der Waals surface area contributed by atoms with Crippen LogP contribution in [0, 0.1) is 5.92 Å². The predicted molar refractivity (Wildman–Crippen MR) is 149 cm³/mol. The molecule has 2 aliphatic rings. The van der Waals surface area contributed by atoms with Crippen LogP contribution < -0.4 is 10.6 Å². The van der Waals surface area contributed by atoms with Crippen molar-refractivity contribution in [3.8, 4) is 0 Å². The molecule has 4 amide bonds. The van der Waals surface area contributed by atoms with Crippen molar-refractivity contribution in [2.75, 3.05) is 31.5 Å². The highest BCUT2D eigenvalue weighted by molar-refractivity contribution is 9.10. The van der Waals surface area contributed by atoms with E-state index >= 15 is 0 Å². The van der Waals surface area contributed by atoms with Crippen molar-refractivity contribution >= 4 is 57.0 Å². The van der Waals surface area contributed by atoms with Crippen LogP contribution >= 0.6 is 27.5 Å². The van der Waals surface area contributed by atoms with Crippen LogP contribution in [-0.4, -0.2) is 81.0 Å². The van der Waals surface area contributed by atoms with Gasteiger partial charge in [-0.15, -0.1) is 0 Å². The van der Waals surface area contributed by atoms with Gasteiger partial charge in [0.15, 0.2) is 5.82 Å². The summed E-state index contributed by atoms with van der Waals surface area (Å²) in [4.78, 5) is 57.8. The highest BCUT2D eigenvalue weighted by atomic mass is 79.9. The van der Waals surface area contributed by atoms with E-state index in [4.69, 9.17) is 16.3 Å². The lowest BCUT2D eigenvalue weighted by molar-refractivity contribution is -0.128. The minimum absolute atomic E-state index is 0.0613. The van der Waals surface area contributed by atoms with Gasteiger partial charge in [-0.1, -0.05) is 11.6 Å². The quantitative estimate of drug-likeness (QED) is 0.524. The van der Waals surface area contributed by atoms with Gasteiger partial charge in [0.05, 0.1) is 22.8 Å². The summed E-state index contributed by atoms with van der Waals surface area (Å²) in [6, 6.07) is 4.64. The van der Waals surface area contributed by atoms with Crippen molar-refractivity contribution in [1.29, 1.82) is 0 Å². The third-order valence-corrected chi connectivity index (χ3v) is 7.67. The molecule has 2 fully saturated rings. The maximum absolute atomic E-state index is 13.1. The van der Waals surface area contributed by atoms with E-state index in [1.54, 1.807) is 33.5 Å². The van der Waals surface area contributed by atoms with Crippen molar-refractivity contribution in [2.24, 2.45) is 13.0 Å². The second-order valence-corrected chi connectivity index (χ2v) is 12.0. The van der Waals surface area contributed by atoms with Gasteiger partial charge in [0.1, 0.15) is 10.2 Å². The molecule has 11 nitrogen and oxygen atoms in total. The number of piperidine rings is 1. The van der Waals surface area contributed by atoms with Gasteiger partial charge in [0, 0.05) is 44.8 Å². The van der Waals surface area contributed by atoms with Gasteiger partial charge in [-0.3, -0.25) is 14.4 Å². The van der Waals surface area contributed by atoms with Crippen LogP contribution in [-0.2, 0) is 16.6 Å². The molecule has 0 atom stereocenters. The Bertz CT molecular complexity index is 1280. The van der Waals surface area contributed by atoms with Crippen LogP contribution in [0.2, 0.25) is 5.02 Å². The average molecular weight is 624 g/mol. The standard InChI is InChI=1S/C26H32BrClN6O5/c1-26(2,3)39-25(38)34-13-17(14-34)31-22(35)15-7-9-33(10-8-15)24(37)18-6-5-16(11-19(18)28)30-23(36)21-29-12-20(27)32(21)4/h5-6,11-12,15,17H,7-10,13-14H2,1-4H3,(H,30,36)(H,31,35). The van der Waals surface area contributed by atoms with Crippen molar-refractivity contribution in [2.45, 2.75) is 45.3 Å². The van der Waals surface area contributed by atoms with Crippen molar-refractivity contribution in [3.05, 3.63) is 45.4 Å². The molecule has 0 saturated carbocycles. The Labute approximate surface area is 240 Å². The van der Waals surface area contributed by atoms with Crippen molar-refractivity contribution in [1.82, 2.24) is 24.7 Å². The van der Waals surface area contributed by atoms with Gasteiger partial charge in [-0.25, -0.2) is 9.78 Å². The summed E-state index contributed by atoms with van der Waals surface area (Å²) in [5.41, 5.74) is 0.211. The van der Waals surface area contributed by atoms with Gasteiger partial charge in [-0.05, 0) is 67.7 Å². The Hall–Kier alpha value is -3.12. The van der Waals surface area contributed by atoms with E-state index in [0.717, 1.165) is 0 Å². The van der Waals surface area contributed by atoms with Gasteiger partial charge in [0.2, 0.25) is 5.91 Å². The molecular formula is C26H32BrClN6O5. The molecule has 2 aliphatic heterocycles. The first-order chi connectivity index (χ1) is 18.3. The number of aromatic nitrogens is 2. The summed E-state index contributed by atoms with van der Waals surface area (Å²) in [5, 5.41) is 5.96. The Morgan fingerprint density at radius 1 is 1.10 bits per heavy atom. The van der Waals surface area contributed by atoms with E-state index < -0.39 is 11.5 Å². The summed E-state index contributed by atoms with van der Waals surface area (Å²) in [6.07, 6.45) is 2.22. The third-order valence-electron chi connectivity index (χ3n) is 6.62. The normalized spacial score (nSPS) is 16.5. The number of likely N-dealkylation sites (tertiary alicyclic amines) is 2. The lowest BCUT2D eigenvalue weighted by atomic mass is 9.94. The molecule has 210 valence electrons. The summed E-state index contributed by atoms with van der Waals surface area (Å²) in [6.45, 7) is 7.14. The van der Waals surface area contributed by atoms with Crippen LogP contribution in [0.25, 0.3) is 0 Å². The molecule has 0 aliphatic carbocycles. The fraction of sp³-hybridized carbons (Fsp3) is 0.500. The zero-order chi connectivity index (χ0) is 28.5. The lowest BCUT2D eigenvalue weighted by Crippen LogP contribution is -2.62. The zero-order valence-corrected chi connectivity index (χ0v) is 24.6. The van der Waals surface area contributed by atoms with Crippen LogP contribution in [0.5, 0.6) is 0 Å². The molecule has 4 rings (SSSR count). The Morgan fingerprint density at radius 3 is 2.33 bits per heavy atom. The Morgan fingerprint density at radius 2 is 1.77 bits per heavy atom. The third kappa shape index (κ3) is 6.91. The summed E-state index contributed by atoms with van der Waals surface area (Å²) < 4.78 is 7.61. The molecule has 1 aromatic carbocycles. The number of anilines is 1. The van der Waals surface area contributed by atoms with Crippen LogP contribution in [0.3, 0.4) is 0 Å². The summed E-state index contributed by atoms with van der Waals surface area (Å²) in [5.74, 6) is -0.671. The van der Waals surface area contributed by atoms with E-state index in [1.165, 1.54) is 12.3 Å². The van der Waals surface area contributed by atoms with E-state index in [0.29, 0.717) is 54.9 Å². The minimum Gasteiger partial charge on any atom is -0.444 e. The van der Waals surface area contributed by atoms with Gasteiger partial charge in [-0.2, -0.15) is 0 Å². The predicted octanol–water partition coefficient (Wildman–Crippen LogP) is 3.68. The number of amides is 4. The van der Waals surface area contributed by atoms with Crippen molar-refractivity contribution < 1.29 is 23.9 Å². The number of rotatable bonds is 5. The SMILES string of the molecule is Cn1c(Br)cnc1C(=O)Nc1ccc(C(=O)N2CCC(C(=O)NC3CN(C(=O)OC(C)(C)C)C3)CC2)c(Cl)c1. The summed E-state index contributed by atoms with van der Waals surface area (Å²) >= 11 is 9.71. The average Bonchev–Trinajstić information content (AvgIpc) is 3.17. The maximum atomic E-state index is 13.1. The second kappa shape index (κ2) is 11.5. The van der Waals surface area contributed by atoms with Crippen molar-refractivity contribution in [3.63, 3.8) is 0 Å². The molecule has 0 bridgehead atoms. The van der Waals surface area contributed by atoms with Gasteiger partial charge in [0.25, 0.3) is 11.8 Å². The minimum atomic E-state index is -0.559. The number of carbonyl (C=O) groups excluding carboxylic acids is 4. The van der Waals surface area contributed by atoms with Crippen LogP contribution in [0.4, 0.5) is 10.5 Å². The largest absolute Gasteiger partial charge is 0.444 e. The van der Waals surface area contributed by atoms with E-state index in [-0.39, 0.29) is 40.7 Å². The molecule has 2 aromatic rings. The lowest BCUT2D eigenvalue weighted by Gasteiger charge is -2.41. The monoisotopic (exact) mass is 622 g/mol. The molecule has 2 N–H and O–H groups in total. The molecular weight excluding hydrogens is 592 g/mol. The second-order valence-electron chi connectivity index (χ2n) is 10.8. The topological polar surface area (TPSA) is 126 Å². The van der Waals surface area contributed by atoms with E-state index in [1.807, 2.05) is 20.8 Å². The molecule has 1 aromatic heterocycles. The first kappa shape index (κ1) is 28.9. The number of hydrogen-bond acceptors (Lipinski definition) is 6. The van der Waals surface area contributed by atoms with E-state index in [9.17, 15) is 19.2 Å². The number of hydrogen-bond donors (Lipinski definition) is 2. The fourth-order valence-corrected chi connectivity index (χ4v) is 4.96. The first-order valence-electron chi connectivity index (χ1n) is 12.7. The first-order valence-corrected chi connectivity index (χ1v) is 13.8. The molecule has 0 unspecified atom stereocenters. The number of carbonyl (C=O) groups is 4.